The van der Waals surface area contributed by atoms with E-state index in [2.05, 4.69) is 30.4 Å². The van der Waals surface area contributed by atoms with E-state index in [-0.39, 0.29) is 63.4 Å². The Morgan fingerprint density at radius 3 is 2.02 bits per heavy atom. The zero-order chi connectivity index (χ0) is 61.3. The van der Waals surface area contributed by atoms with Gasteiger partial charge in [-0.25, -0.2) is 21.5 Å². The summed E-state index contributed by atoms with van der Waals surface area (Å²) in [6.07, 6.45) is -2.17. The molecule has 89 heavy (non-hydrogen) atoms. The van der Waals surface area contributed by atoms with Gasteiger partial charge in [0.1, 0.15) is 71.7 Å². The number of hydrogen-bond acceptors (Lipinski definition) is 22. The van der Waals surface area contributed by atoms with Gasteiger partial charge in [-0.1, -0.05) is 115 Å². The largest absolute Gasteiger partial charge is 0.695 e. The van der Waals surface area contributed by atoms with E-state index >= 15 is 0 Å². The molecule has 24 nitrogen and oxygen atoms in total. The van der Waals surface area contributed by atoms with Crippen LogP contribution in [0, 0.1) is 6.57 Å². The summed E-state index contributed by atoms with van der Waals surface area (Å²) in [7, 11) is -0.0454. The first kappa shape index (κ1) is 60.7. The molecule has 6 aliphatic heterocycles. The van der Waals surface area contributed by atoms with E-state index in [1.165, 1.54) is 12.7 Å². The first-order chi connectivity index (χ1) is 43.4. The van der Waals surface area contributed by atoms with Gasteiger partial charge in [-0.2, -0.15) is 0 Å². The summed E-state index contributed by atoms with van der Waals surface area (Å²) in [5, 5.41) is 6.99. The Labute approximate surface area is 517 Å². The van der Waals surface area contributed by atoms with Crippen LogP contribution in [-0.4, -0.2) is 168 Å². The maximum atomic E-state index is 13.7. The van der Waals surface area contributed by atoms with E-state index in [0.717, 1.165) is 16.7 Å². The number of nitrogens with one attached hydrogen (secondary N) is 2. The Kier molecular flexibility index (Phi) is 17.5. The highest BCUT2D eigenvalue weighted by Gasteiger charge is 2.69. The van der Waals surface area contributed by atoms with Crippen molar-refractivity contribution in [3.05, 3.63) is 197 Å². The molecular weight excluding hydrogens is 1200 g/mol. The smallest absolute Gasteiger partial charge is 0.497 e. The number of fused-ring (bicyclic) bond motifs is 6. The number of carbonyl (C=O) groups excluding carboxylic acids is 2. The molecule has 8 heterocycles. The summed E-state index contributed by atoms with van der Waals surface area (Å²) in [6.45, 7) is 2.65. The molecule has 5 unspecified atom stereocenters. The predicted octanol–water partition coefficient (Wildman–Crippen LogP) is 6.87. The van der Waals surface area contributed by atoms with Gasteiger partial charge >= 0.3 is 15.0 Å². The Bertz CT molecular complexity index is 3790. The van der Waals surface area contributed by atoms with E-state index in [0.29, 0.717) is 46.2 Å². The molecule has 0 saturated carbocycles. The summed E-state index contributed by atoms with van der Waals surface area (Å²) >= 11 is 6.43. The summed E-state index contributed by atoms with van der Waals surface area (Å²) < 4.78 is 86.8. The fraction of sp³-hybridized carbons (Fsp3) is 0.371. The molecule has 5 saturated heterocycles. The SMILES string of the molecule is [C-]#[N+]CCOP(=S)(OC[C@@]12CO[C@@H]([C@H](n3cnc4c(CC(=O)c5ccccc5)ncnc43)O1)[C@@H]2O[P+](=O)O)O[C@H]1[C@H]2OC[C@]1(COC(c1ccccc1)(c1ccc(OC)cc1)c1ccc(OC)cc1)O[C@H]2N1C=NC2C(CC(=O)c3ccccc3)NCNC21. The van der Waals surface area contributed by atoms with Crippen molar-refractivity contribution in [3.63, 3.8) is 0 Å². The second-order valence-corrected chi connectivity index (χ2v) is 25.8. The Morgan fingerprint density at radius 1 is 0.775 bits per heavy atom. The normalized spacial score (nSPS) is 27.5. The topological polar surface area (TPSA) is 261 Å². The van der Waals surface area contributed by atoms with Gasteiger partial charge in [0.05, 0.1) is 65.4 Å². The van der Waals surface area contributed by atoms with Crippen LogP contribution < -0.4 is 20.1 Å². The zero-order valence-corrected chi connectivity index (χ0v) is 50.8. The quantitative estimate of drug-likeness (QED) is 0.0164. The maximum Gasteiger partial charge on any atom is 0.695 e. The van der Waals surface area contributed by atoms with Crippen LogP contribution in [0.25, 0.3) is 16.0 Å². The van der Waals surface area contributed by atoms with E-state index in [9.17, 15) is 19.0 Å². The molecule has 27 heteroatoms. The molecule has 5 fully saturated rings. The number of aliphatic imine (C=N–C) groups is 1. The molecule has 7 aromatic rings. The molecule has 460 valence electrons. The minimum absolute atomic E-state index is 0.0332. The zero-order valence-electron chi connectivity index (χ0n) is 48.2. The molecule has 0 aliphatic carbocycles. The van der Waals surface area contributed by atoms with E-state index in [1.54, 1.807) is 61.5 Å². The van der Waals surface area contributed by atoms with E-state index in [4.69, 9.17) is 74.6 Å². The second-order valence-electron chi connectivity index (χ2n) is 22.2. The lowest BCUT2D eigenvalue weighted by molar-refractivity contribution is -0.213. The van der Waals surface area contributed by atoms with Crippen LogP contribution in [0.2, 0.25) is 0 Å². The number of ether oxygens (including phenoxy) is 7. The van der Waals surface area contributed by atoms with Gasteiger partial charge in [0.15, 0.2) is 41.4 Å². The molecule has 0 amide bonds. The molecule has 0 radical (unpaired) electrons. The van der Waals surface area contributed by atoms with Gasteiger partial charge < -0.3 is 52.0 Å². The number of benzene rings is 5. The summed E-state index contributed by atoms with van der Waals surface area (Å²) in [5.74, 6) is 1.06. The highest BCUT2D eigenvalue weighted by atomic mass is 32.5. The average Bonchev–Trinajstić information content (AvgIpc) is 1.60. The van der Waals surface area contributed by atoms with Crippen molar-refractivity contribution < 1.29 is 70.3 Å². The molecule has 4 bridgehead atoms. The molecule has 13 rings (SSSR count). The fourth-order valence-electron chi connectivity index (χ4n) is 12.7. The van der Waals surface area contributed by atoms with Gasteiger partial charge in [0.25, 0.3) is 0 Å². The number of nitrogens with zero attached hydrogens (tertiary/aromatic N) is 7. The minimum atomic E-state index is -4.16. The van der Waals surface area contributed by atoms with Gasteiger partial charge in [-0.15, -0.1) is 9.42 Å². The maximum absolute atomic E-state index is 13.7. The monoisotopic (exact) mass is 1270 g/mol. The van der Waals surface area contributed by atoms with Crippen LogP contribution in [0.4, 0.5) is 0 Å². The Balaban J connectivity index is 0.841. The van der Waals surface area contributed by atoms with Gasteiger partial charge in [0, 0.05) is 34.8 Å². The van der Waals surface area contributed by atoms with Crippen molar-refractivity contribution >= 4 is 55.8 Å². The van der Waals surface area contributed by atoms with Crippen molar-refractivity contribution in [3.8, 4) is 11.5 Å². The third-order valence-electron chi connectivity index (χ3n) is 17.1. The lowest BCUT2D eigenvalue weighted by Gasteiger charge is -2.43. The summed E-state index contributed by atoms with van der Waals surface area (Å²) in [4.78, 5) is 61.5. The fourth-order valence-corrected chi connectivity index (χ4v) is 15.3. The minimum Gasteiger partial charge on any atom is -0.497 e. The molecule has 6 aliphatic rings. The number of hydrogen-bond donors (Lipinski definition) is 3. The number of ketones is 2. The number of aromatic nitrogens is 4. The van der Waals surface area contributed by atoms with Crippen LogP contribution in [-0.2, 0) is 70.2 Å². The Hall–Kier alpha value is -7.18. The van der Waals surface area contributed by atoms with Crippen molar-refractivity contribution in [2.45, 2.75) is 84.8 Å². The molecule has 5 aromatic carbocycles. The standard InChI is InChI=1S/C62H61N9O15P2S/c1-63-27-28-81-88(89,82-34-61-32-78-52(54(61)85-87(74)75)58(84-61)70-37-68-50-46(64-35-66-56(50)70)29-48(72)39-13-7-4-8-14-39)86-55-53-59(71-38-69-51-47(65-36-67-57(51)71)30-49(73)40-15-9-5-10-16-40)83-60(55,31-79-53)33-80-62(41-17-11-6-12-18-41,42-19-23-44(76-2)24-20-42)43-21-25-45(77-3)26-22-43/h4-26,35,37-38,47,51-55,57-59,65,67H,27-34,36H2,2-3H3/p+1/t47?,51?,52-,53-,54+,55+,57?,58-,59-,60-,61-,88?/m1/s1. The van der Waals surface area contributed by atoms with Crippen LogP contribution >= 0.6 is 15.0 Å². The van der Waals surface area contributed by atoms with E-state index < -0.39 is 87.5 Å². The average molecular weight is 1270 g/mol. The van der Waals surface area contributed by atoms with Crippen LogP contribution in [0.5, 0.6) is 11.5 Å². The molecule has 2 aromatic heterocycles. The number of carbonyl (C=O) groups is 2. The second kappa shape index (κ2) is 25.6. The first-order valence-electron chi connectivity index (χ1n) is 28.8. The summed E-state index contributed by atoms with van der Waals surface area (Å²) in [5.41, 5.74) is -0.0989. The third kappa shape index (κ3) is 11.6. The molecule has 13 atom stereocenters. The Morgan fingerprint density at radius 2 is 1.38 bits per heavy atom. The van der Waals surface area contributed by atoms with Gasteiger partial charge in [-0.3, -0.25) is 34.3 Å². The predicted molar refractivity (Wildman–Crippen MR) is 323 cm³/mol. The van der Waals surface area contributed by atoms with Crippen molar-refractivity contribution in [1.29, 1.82) is 0 Å². The molecule has 0 spiro atoms. The number of rotatable bonds is 26. The lowest BCUT2D eigenvalue weighted by Crippen LogP contribution is -2.65. The van der Waals surface area contributed by atoms with Crippen LogP contribution in [0.1, 0.15) is 55.7 Å². The molecule has 3 N–H and O–H groups in total. The van der Waals surface area contributed by atoms with Crippen LogP contribution in [0.3, 0.4) is 0 Å². The van der Waals surface area contributed by atoms with Gasteiger partial charge in [0.2, 0.25) is 6.54 Å². The van der Waals surface area contributed by atoms with Crippen molar-refractivity contribution in [2.24, 2.45) is 4.99 Å². The van der Waals surface area contributed by atoms with Gasteiger partial charge in [-0.05, 0) is 52.8 Å². The highest BCUT2D eigenvalue weighted by molar-refractivity contribution is 8.07. The molecular formula is C62H62N9O15P2S+. The van der Waals surface area contributed by atoms with E-state index in [1.807, 2.05) is 108 Å². The third-order valence-corrected chi connectivity index (χ3v) is 19.8. The number of Topliss-reactive ketones (excluding diaryl/α,β-unsaturated/α-hetero) is 2. The first-order valence-corrected chi connectivity index (χ1v) is 32.5. The number of methoxy groups -OCH3 is 2. The van der Waals surface area contributed by atoms with Crippen molar-refractivity contribution in [1.82, 2.24) is 35.1 Å². The lowest BCUT2D eigenvalue weighted by atomic mass is 9.79. The van der Waals surface area contributed by atoms with Crippen molar-refractivity contribution in [2.75, 3.05) is 60.5 Å². The highest BCUT2D eigenvalue weighted by Crippen LogP contribution is 2.60. The summed E-state index contributed by atoms with van der Waals surface area (Å²) in [6, 6.07) is 42.2. The van der Waals surface area contributed by atoms with Crippen LogP contribution in [0.15, 0.2) is 157 Å². The number of imidazole rings is 1.